The number of Topliss-reactive ketones (excluding diaryl/α,β-unsaturated/α-hetero) is 1. The van der Waals surface area contributed by atoms with Crippen molar-refractivity contribution in [2.75, 3.05) is 0 Å². The van der Waals surface area contributed by atoms with E-state index in [0.29, 0.717) is 11.7 Å². The summed E-state index contributed by atoms with van der Waals surface area (Å²) in [5.74, 6) is 1.80. The minimum Gasteiger partial charge on any atom is -0.393 e. The lowest BCUT2D eigenvalue weighted by molar-refractivity contribution is -0.122. The number of benzene rings is 1. The standard InChI is InChI=1S/C26H38O2/c1-20-9-6-7-13-24(27)14-8-12-22(20)15-17-26(2)18-16-23(25(26)28)19-21-10-4-3-5-11-21/h3-5,10-11,19-20,22,24,27H,6-9,12-18H2,1-2H3/b23-19+/t20-,22+,24+,26+/m0/s1. The molecule has 0 heterocycles. The SMILES string of the molecule is C[C@H]1CCCC[C@@H](O)CCC[C@@H]1CC[C@]1(C)CC/C(=C\c2ccccc2)C1=O. The lowest BCUT2D eigenvalue weighted by Crippen LogP contribution is -2.25. The van der Waals surface area contributed by atoms with E-state index in [1.807, 2.05) is 18.2 Å². The second-order valence-electron chi connectivity index (χ2n) is 9.62. The molecule has 0 bridgehead atoms. The predicted molar refractivity (Wildman–Crippen MR) is 117 cm³/mol. The summed E-state index contributed by atoms with van der Waals surface area (Å²) < 4.78 is 0. The molecule has 2 nitrogen and oxygen atoms in total. The molecule has 1 aromatic carbocycles. The van der Waals surface area contributed by atoms with Gasteiger partial charge in [0.1, 0.15) is 0 Å². The van der Waals surface area contributed by atoms with Crippen molar-refractivity contribution in [2.45, 2.75) is 90.6 Å². The fraction of sp³-hybridized carbons (Fsp3) is 0.654. The number of allylic oxidation sites excluding steroid dienone is 1. The van der Waals surface area contributed by atoms with Crippen LogP contribution in [0.4, 0.5) is 0 Å². The zero-order chi connectivity index (χ0) is 20.0. The monoisotopic (exact) mass is 382 g/mol. The molecule has 0 saturated heterocycles. The Labute approximate surface area is 171 Å². The molecule has 28 heavy (non-hydrogen) atoms. The molecular weight excluding hydrogens is 344 g/mol. The molecule has 2 heteroatoms. The minimum atomic E-state index is -0.185. The Kier molecular flexibility index (Phi) is 7.51. The van der Waals surface area contributed by atoms with Gasteiger partial charge >= 0.3 is 0 Å². The van der Waals surface area contributed by atoms with Gasteiger partial charge in [-0.15, -0.1) is 0 Å². The zero-order valence-electron chi connectivity index (χ0n) is 17.8. The van der Waals surface area contributed by atoms with Crippen molar-refractivity contribution < 1.29 is 9.90 Å². The lowest BCUT2D eigenvalue weighted by atomic mass is 9.75. The van der Waals surface area contributed by atoms with E-state index < -0.39 is 0 Å². The molecule has 0 radical (unpaired) electrons. The van der Waals surface area contributed by atoms with Crippen LogP contribution < -0.4 is 0 Å². The normalized spacial score (nSPS) is 33.9. The number of ketones is 1. The van der Waals surface area contributed by atoms with Crippen molar-refractivity contribution in [3.63, 3.8) is 0 Å². The van der Waals surface area contributed by atoms with Gasteiger partial charge in [0.25, 0.3) is 0 Å². The molecule has 2 saturated carbocycles. The first-order chi connectivity index (χ1) is 13.5. The summed E-state index contributed by atoms with van der Waals surface area (Å²) in [5, 5.41) is 10.1. The van der Waals surface area contributed by atoms with E-state index in [0.717, 1.165) is 68.4 Å². The Bertz CT molecular complexity index is 662. The number of carbonyl (C=O) groups excluding carboxylic acids is 1. The molecule has 2 aliphatic carbocycles. The maximum Gasteiger partial charge on any atom is 0.164 e. The van der Waals surface area contributed by atoms with Crippen LogP contribution in [-0.4, -0.2) is 17.0 Å². The molecule has 1 aromatic rings. The molecule has 0 spiro atoms. The molecule has 0 amide bonds. The Morgan fingerprint density at radius 1 is 1.07 bits per heavy atom. The summed E-state index contributed by atoms with van der Waals surface area (Å²) in [6.45, 7) is 4.60. The summed E-state index contributed by atoms with van der Waals surface area (Å²) >= 11 is 0. The van der Waals surface area contributed by atoms with Gasteiger partial charge in [-0.2, -0.15) is 0 Å². The van der Waals surface area contributed by atoms with Gasteiger partial charge in [0.2, 0.25) is 0 Å². The first kappa shape index (κ1) is 21.3. The fourth-order valence-electron chi connectivity index (χ4n) is 5.21. The molecule has 0 unspecified atom stereocenters. The van der Waals surface area contributed by atoms with Crippen LogP contribution in [0.1, 0.15) is 90.0 Å². The van der Waals surface area contributed by atoms with Crippen LogP contribution in [0.25, 0.3) is 6.08 Å². The quantitative estimate of drug-likeness (QED) is 0.597. The smallest absolute Gasteiger partial charge is 0.164 e. The van der Waals surface area contributed by atoms with Gasteiger partial charge in [0.05, 0.1) is 6.10 Å². The van der Waals surface area contributed by atoms with Crippen molar-refractivity contribution in [1.29, 1.82) is 0 Å². The van der Waals surface area contributed by atoms with E-state index in [9.17, 15) is 9.90 Å². The van der Waals surface area contributed by atoms with E-state index >= 15 is 0 Å². The van der Waals surface area contributed by atoms with Gasteiger partial charge < -0.3 is 5.11 Å². The Morgan fingerprint density at radius 3 is 2.57 bits per heavy atom. The van der Waals surface area contributed by atoms with Gasteiger partial charge in [-0.3, -0.25) is 4.79 Å². The summed E-state index contributed by atoms with van der Waals surface area (Å²) in [6, 6.07) is 10.2. The molecule has 2 aliphatic rings. The van der Waals surface area contributed by atoms with Gasteiger partial charge in [0.15, 0.2) is 5.78 Å². The highest BCUT2D eigenvalue weighted by Crippen LogP contribution is 2.44. The number of aliphatic hydroxyl groups is 1. The topological polar surface area (TPSA) is 37.3 Å². The Hall–Kier alpha value is -1.41. The highest BCUT2D eigenvalue weighted by molar-refractivity contribution is 6.05. The molecule has 154 valence electrons. The Morgan fingerprint density at radius 2 is 1.79 bits per heavy atom. The average molecular weight is 383 g/mol. The first-order valence-electron chi connectivity index (χ1n) is 11.5. The molecule has 0 aromatic heterocycles. The maximum absolute atomic E-state index is 13.2. The van der Waals surface area contributed by atoms with Crippen LogP contribution in [0.3, 0.4) is 0 Å². The van der Waals surface area contributed by atoms with Gasteiger partial charge in [-0.25, -0.2) is 0 Å². The second-order valence-corrected chi connectivity index (χ2v) is 9.62. The van der Waals surface area contributed by atoms with E-state index in [1.54, 1.807) is 0 Å². The van der Waals surface area contributed by atoms with Crippen molar-refractivity contribution in [3.05, 3.63) is 41.5 Å². The number of hydrogen-bond donors (Lipinski definition) is 1. The molecule has 1 N–H and O–H groups in total. The highest BCUT2D eigenvalue weighted by Gasteiger charge is 2.40. The Balaban J connectivity index is 1.60. The van der Waals surface area contributed by atoms with Crippen molar-refractivity contribution >= 4 is 11.9 Å². The summed E-state index contributed by atoms with van der Waals surface area (Å²) in [7, 11) is 0. The molecular formula is C26H38O2. The third-order valence-electron chi connectivity index (χ3n) is 7.36. The number of carbonyl (C=O) groups is 1. The summed E-state index contributed by atoms with van der Waals surface area (Å²) in [6.07, 6.45) is 14.0. The van der Waals surface area contributed by atoms with Crippen LogP contribution >= 0.6 is 0 Å². The highest BCUT2D eigenvalue weighted by atomic mass is 16.3. The molecule has 3 rings (SSSR count). The van der Waals surface area contributed by atoms with Crippen LogP contribution in [0, 0.1) is 17.3 Å². The third-order valence-corrected chi connectivity index (χ3v) is 7.36. The average Bonchev–Trinajstić information content (AvgIpc) is 2.97. The molecule has 2 fully saturated rings. The first-order valence-corrected chi connectivity index (χ1v) is 11.5. The fourth-order valence-corrected chi connectivity index (χ4v) is 5.21. The van der Waals surface area contributed by atoms with Crippen LogP contribution in [0.15, 0.2) is 35.9 Å². The minimum absolute atomic E-state index is 0.103. The van der Waals surface area contributed by atoms with E-state index in [4.69, 9.17) is 0 Å². The summed E-state index contributed by atoms with van der Waals surface area (Å²) in [4.78, 5) is 13.2. The number of rotatable bonds is 4. The second kappa shape index (κ2) is 9.87. The molecule has 4 atom stereocenters. The van der Waals surface area contributed by atoms with Gasteiger partial charge in [-0.1, -0.05) is 76.3 Å². The number of hydrogen-bond acceptors (Lipinski definition) is 2. The van der Waals surface area contributed by atoms with E-state index in [1.165, 1.54) is 19.3 Å². The number of aliphatic hydroxyl groups excluding tert-OH is 1. The van der Waals surface area contributed by atoms with E-state index in [2.05, 4.69) is 32.1 Å². The summed E-state index contributed by atoms with van der Waals surface area (Å²) in [5.41, 5.74) is 1.96. The van der Waals surface area contributed by atoms with Crippen molar-refractivity contribution in [1.82, 2.24) is 0 Å². The third kappa shape index (κ3) is 5.56. The maximum atomic E-state index is 13.2. The van der Waals surface area contributed by atoms with Crippen molar-refractivity contribution in [2.24, 2.45) is 17.3 Å². The van der Waals surface area contributed by atoms with E-state index in [-0.39, 0.29) is 11.5 Å². The largest absolute Gasteiger partial charge is 0.393 e. The van der Waals surface area contributed by atoms with Gasteiger partial charge in [0, 0.05) is 5.41 Å². The molecule has 0 aliphatic heterocycles. The van der Waals surface area contributed by atoms with Gasteiger partial charge in [-0.05, 0) is 67.6 Å². The predicted octanol–water partition coefficient (Wildman–Crippen LogP) is 6.58. The van der Waals surface area contributed by atoms with Crippen LogP contribution in [0.2, 0.25) is 0 Å². The van der Waals surface area contributed by atoms with Crippen LogP contribution in [0.5, 0.6) is 0 Å². The van der Waals surface area contributed by atoms with Crippen molar-refractivity contribution in [3.8, 4) is 0 Å². The lowest BCUT2D eigenvalue weighted by Gasteiger charge is -2.30. The zero-order valence-corrected chi connectivity index (χ0v) is 17.8. The van der Waals surface area contributed by atoms with Crippen LogP contribution in [-0.2, 0) is 4.79 Å².